The van der Waals surface area contributed by atoms with E-state index in [1.807, 2.05) is 54.6 Å². The van der Waals surface area contributed by atoms with Crippen LogP contribution < -0.4 is 14.2 Å². The Hall–Kier alpha value is -2.51. The van der Waals surface area contributed by atoms with Crippen LogP contribution in [0.15, 0.2) is 53.4 Å². The van der Waals surface area contributed by atoms with Crippen molar-refractivity contribution < 1.29 is 19.0 Å². The van der Waals surface area contributed by atoms with Crippen LogP contribution in [0.3, 0.4) is 0 Å². The number of amides is 1. The average Bonchev–Trinajstić information content (AvgIpc) is 2.95. The van der Waals surface area contributed by atoms with Gasteiger partial charge in [0.15, 0.2) is 0 Å². The summed E-state index contributed by atoms with van der Waals surface area (Å²) < 4.78 is 17.2. The number of hydrogen-bond acceptors (Lipinski definition) is 6. The minimum Gasteiger partial charge on any atom is -0.497 e. The lowest BCUT2D eigenvalue weighted by atomic mass is 10.2. The molecule has 0 bridgehead atoms. The summed E-state index contributed by atoms with van der Waals surface area (Å²) in [6.45, 7) is 1.11. The van der Waals surface area contributed by atoms with Crippen LogP contribution in [-0.2, 0) is 4.79 Å². The van der Waals surface area contributed by atoms with E-state index in [9.17, 15) is 4.79 Å². The maximum Gasteiger partial charge on any atom is 0.265 e. The molecule has 1 aliphatic heterocycles. The average molecular weight is 416 g/mol. The van der Waals surface area contributed by atoms with E-state index < -0.39 is 0 Å². The fourth-order valence-electron chi connectivity index (χ4n) is 2.49. The zero-order valence-electron chi connectivity index (χ0n) is 15.7. The van der Waals surface area contributed by atoms with Crippen molar-refractivity contribution in [1.29, 1.82) is 0 Å². The van der Waals surface area contributed by atoms with E-state index in [-0.39, 0.29) is 5.91 Å². The molecule has 0 aliphatic carbocycles. The summed E-state index contributed by atoms with van der Waals surface area (Å²) >= 11 is 6.45. The smallest absolute Gasteiger partial charge is 0.265 e. The number of thiocarbonyl (C=S) groups is 1. The first-order valence-electron chi connectivity index (χ1n) is 8.78. The lowest BCUT2D eigenvalue weighted by Gasteiger charge is -2.09. The molecule has 146 valence electrons. The molecule has 0 N–H and O–H groups in total. The van der Waals surface area contributed by atoms with Crippen molar-refractivity contribution >= 4 is 40.3 Å². The molecule has 0 unspecified atom stereocenters. The van der Waals surface area contributed by atoms with Crippen LogP contribution in [0.2, 0.25) is 0 Å². The quantitative estimate of drug-likeness (QED) is 0.362. The number of methoxy groups -OCH3 is 1. The fourth-order valence-corrected chi connectivity index (χ4v) is 3.67. The maximum absolute atomic E-state index is 12.0. The van der Waals surface area contributed by atoms with Crippen LogP contribution in [0.5, 0.6) is 17.2 Å². The van der Waals surface area contributed by atoms with Gasteiger partial charge in [-0.05, 0) is 35.9 Å². The maximum atomic E-state index is 12.0. The molecule has 7 heteroatoms. The van der Waals surface area contributed by atoms with E-state index in [0.717, 1.165) is 29.2 Å². The molecule has 28 heavy (non-hydrogen) atoms. The van der Waals surface area contributed by atoms with Crippen LogP contribution in [0, 0.1) is 0 Å². The van der Waals surface area contributed by atoms with Gasteiger partial charge in [-0.1, -0.05) is 42.2 Å². The van der Waals surface area contributed by atoms with Gasteiger partial charge in [-0.2, -0.15) is 0 Å². The molecule has 0 atom stereocenters. The fraction of sp³-hybridized carbons (Fsp3) is 0.238. The van der Waals surface area contributed by atoms with Gasteiger partial charge in [-0.3, -0.25) is 9.69 Å². The Kier molecular flexibility index (Phi) is 6.95. The number of hydrogen-bond donors (Lipinski definition) is 0. The highest BCUT2D eigenvalue weighted by Crippen LogP contribution is 2.31. The lowest BCUT2D eigenvalue weighted by molar-refractivity contribution is -0.121. The van der Waals surface area contributed by atoms with Crippen molar-refractivity contribution in [3.63, 3.8) is 0 Å². The van der Waals surface area contributed by atoms with Gasteiger partial charge in [0.2, 0.25) is 0 Å². The minimum absolute atomic E-state index is 0.0636. The van der Waals surface area contributed by atoms with Crippen molar-refractivity contribution in [3.05, 3.63) is 59.0 Å². The van der Waals surface area contributed by atoms with E-state index in [4.69, 9.17) is 26.4 Å². The van der Waals surface area contributed by atoms with Gasteiger partial charge in [0, 0.05) is 19.5 Å². The summed E-state index contributed by atoms with van der Waals surface area (Å²) in [6.07, 6.45) is 2.60. The third-order valence-corrected chi connectivity index (χ3v) is 5.52. The zero-order chi connectivity index (χ0) is 19.9. The number of nitrogens with zero attached hydrogens (tertiary/aromatic N) is 1. The number of rotatable bonds is 8. The van der Waals surface area contributed by atoms with Crippen molar-refractivity contribution in [1.82, 2.24) is 4.90 Å². The summed E-state index contributed by atoms with van der Waals surface area (Å²) in [4.78, 5) is 14.2. The van der Waals surface area contributed by atoms with Gasteiger partial charge in [0.1, 0.15) is 21.6 Å². The lowest BCUT2D eigenvalue weighted by Crippen LogP contribution is -2.22. The van der Waals surface area contributed by atoms with Crippen molar-refractivity contribution in [2.75, 3.05) is 27.4 Å². The number of carbonyl (C=O) groups is 1. The summed E-state index contributed by atoms with van der Waals surface area (Å²) in [5.41, 5.74) is 0.933. The molecule has 1 heterocycles. The van der Waals surface area contributed by atoms with Crippen molar-refractivity contribution in [3.8, 4) is 17.2 Å². The number of carbonyl (C=O) groups excluding carboxylic acids is 1. The van der Waals surface area contributed by atoms with Gasteiger partial charge in [0.25, 0.3) is 5.91 Å². The molecule has 0 saturated carbocycles. The summed E-state index contributed by atoms with van der Waals surface area (Å²) in [6, 6.07) is 15.1. The predicted octanol–water partition coefficient (Wildman–Crippen LogP) is 4.37. The molecular weight excluding hydrogens is 394 g/mol. The second kappa shape index (κ2) is 9.61. The monoisotopic (exact) mass is 415 g/mol. The SMILES string of the molecule is COc1cccc(OCCCOc2ccc(/C=C3\SC(=S)N(C)C3=O)cc2)c1. The Balaban J connectivity index is 1.43. The van der Waals surface area contributed by atoms with Gasteiger partial charge in [-0.15, -0.1) is 0 Å². The highest BCUT2D eigenvalue weighted by atomic mass is 32.2. The molecule has 0 spiro atoms. The molecule has 0 aromatic heterocycles. The summed E-state index contributed by atoms with van der Waals surface area (Å²) in [5.74, 6) is 2.27. The highest BCUT2D eigenvalue weighted by molar-refractivity contribution is 8.26. The van der Waals surface area contributed by atoms with Gasteiger partial charge < -0.3 is 14.2 Å². The normalized spacial score (nSPS) is 15.2. The molecule has 1 aliphatic rings. The van der Waals surface area contributed by atoms with Crippen molar-refractivity contribution in [2.24, 2.45) is 0 Å². The first-order valence-corrected chi connectivity index (χ1v) is 10.0. The molecule has 1 saturated heterocycles. The molecule has 2 aromatic rings. The summed E-state index contributed by atoms with van der Waals surface area (Å²) in [5, 5.41) is 0. The van der Waals surface area contributed by atoms with E-state index in [2.05, 4.69) is 0 Å². The Bertz CT molecular complexity index is 880. The van der Waals surface area contributed by atoms with E-state index in [1.54, 1.807) is 14.2 Å². The first kappa shape index (κ1) is 20.2. The van der Waals surface area contributed by atoms with Crippen LogP contribution >= 0.6 is 24.0 Å². The highest BCUT2D eigenvalue weighted by Gasteiger charge is 2.28. The van der Waals surface area contributed by atoms with Crippen LogP contribution in [0.25, 0.3) is 6.08 Å². The van der Waals surface area contributed by atoms with Gasteiger partial charge in [0.05, 0.1) is 25.2 Å². The van der Waals surface area contributed by atoms with Crippen LogP contribution in [0.1, 0.15) is 12.0 Å². The van der Waals surface area contributed by atoms with E-state index in [1.165, 1.54) is 16.7 Å². The number of benzene rings is 2. The topological polar surface area (TPSA) is 48.0 Å². The van der Waals surface area contributed by atoms with Crippen LogP contribution in [-0.4, -0.2) is 42.5 Å². The summed E-state index contributed by atoms with van der Waals surface area (Å²) in [7, 11) is 3.32. The third-order valence-electron chi connectivity index (χ3n) is 4.03. The van der Waals surface area contributed by atoms with Gasteiger partial charge >= 0.3 is 0 Å². The number of ether oxygens (including phenoxy) is 3. The Morgan fingerprint density at radius 1 is 1.04 bits per heavy atom. The predicted molar refractivity (Wildman–Crippen MR) is 116 cm³/mol. The molecule has 1 fully saturated rings. The standard InChI is InChI=1S/C21H21NO4S2/c1-22-20(23)19(28-21(22)27)13-15-7-9-16(10-8-15)25-11-4-12-26-18-6-3-5-17(14-18)24-2/h3,5-10,13-14H,4,11-12H2,1-2H3/b19-13-. The second-order valence-corrected chi connectivity index (χ2v) is 7.71. The second-order valence-electron chi connectivity index (χ2n) is 6.04. The molecule has 5 nitrogen and oxygen atoms in total. The van der Waals surface area contributed by atoms with Gasteiger partial charge in [-0.25, -0.2) is 0 Å². The Morgan fingerprint density at radius 2 is 1.71 bits per heavy atom. The first-order chi connectivity index (χ1) is 13.6. The molecular formula is C21H21NO4S2. The third kappa shape index (κ3) is 5.27. The molecule has 1 amide bonds. The largest absolute Gasteiger partial charge is 0.497 e. The number of likely N-dealkylation sites (N-methyl/N-ethyl adjacent to an activating group) is 1. The molecule has 3 rings (SSSR count). The molecule has 2 aromatic carbocycles. The van der Waals surface area contributed by atoms with Crippen LogP contribution in [0.4, 0.5) is 0 Å². The van der Waals surface area contributed by atoms with E-state index in [0.29, 0.717) is 22.4 Å². The Labute approximate surface area is 174 Å². The Morgan fingerprint density at radius 3 is 2.36 bits per heavy atom. The number of thioether (sulfide) groups is 1. The molecule has 0 radical (unpaired) electrons. The minimum atomic E-state index is -0.0636. The zero-order valence-corrected chi connectivity index (χ0v) is 17.3. The van der Waals surface area contributed by atoms with E-state index >= 15 is 0 Å². The van der Waals surface area contributed by atoms with Crippen molar-refractivity contribution in [2.45, 2.75) is 6.42 Å².